The fourth-order valence-electron chi connectivity index (χ4n) is 2.04. The Morgan fingerprint density at radius 2 is 1.83 bits per heavy atom. The van der Waals surface area contributed by atoms with Crippen LogP contribution in [-0.4, -0.2) is 18.6 Å². The van der Waals surface area contributed by atoms with Crippen molar-refractivity contribution >= 4 is 28.9 Å². The summed E-state index contributed by atoms with van der Waals surface area (Å²) >= 11 is 5.82. The summed E-state index contributed by atoms with van der Waals surface area (Å²) in [6.45, 7) is 4.49. The molecule has 2 aromatic rings. The molecule has 0 bridgehead atoms. The first-order chi connectivity index (χ1) is 11.0. The average Bonchev–Trinajstić information content (AvgIpc) is 2.51. The zero-order valence-electron chi connectivity index (χ0n) is 13.3. The summed E-state index contributed by atoms with van der Waals surface area (Å²) < 4.78 is 5.73. The van der Waals surface area contributed by atoms with Gasteiger partial charge in [-0.1, -0.05) is 23.7 Å². The molecule has 0 aliphatic heterocycles. The zero-order valence-corrected chi connectivity index (χ0v) is 14.1. The fourth-order valence-corrected chi connectivity index (χ4v) is 2.16. The topological polar surface area (TPSA) is 50.4 Å². The molecule has 23 heavy (non-hydrogen) atoms. The van der Waals surface area contributed by atoms with E-state index in [0.717, 1.165) is 17.1 Å². The maximum absolute atomic E-state index is 11.9. The normalized spacial score (nSPS) is 10.4. The number of carbonyl (C=O) groups excluding carboxylic acids is 1. The molecule has 5 heteroatoms. The van der Waals surface area contributed by atoms with Crippen molar-refractivity contribution < 1.29 is 9.53 Å². The monoisotopic (exact) mass is 332 g/mol. The summed E-state index contributed by atoms with van der Waals surface area (Å²) in [5, 5.41) is 6.72. The second kappa shape index (κ2) is 8.44. The highest BCUT2D eigenvalue weighted by Crippen LogP contribution is 2.24. The molecule has 0 heterocycles. The molecule has 2 rings (SSSR count). The Kier molecular flexibility index (Phi) is 6.29. The van der Waals surface area contributed by atoms with E-state index in [1.54, 1.807) is 24.3 Å². The minimum atomic E-state index is -0.0536. The number of anilines is 2. The average molecular weight is 333 g/mol. The molecule has 0 aliphatic rings. The van der Waals surface area contributed by atoms with Gasteiger partial charge >= 0.3 is 0 Å². The van der Waals surface area contributed by atoms with Crippen LogP contribution in [0.1, 0.15) is 20.3 Å². The van der Waals surface area contributed by atoms with Gasteiger partial charge in [-0.25, -0.2) is 0 Å². The summed E-state index contributed by atoms with van der Waals surface area (Å²) in [4.78, 5) is 11.9. The van der Waals surface area contributed by atoms with Crippen LogP contribution in [0.5, 0.6) is 5.75 Å². The predicted octanol–water partition coefficient (Wildman–Crippen LogP) is 4.57. The number of halogens is 1. The summed E-state index contributed by atoms with van der Waals surface area (Å²) in [6.07, 6.45) is 0.463. The molecule has 122 valence electrons. The smallest absolute Gasteiger partial charge is 0.226 e. The first kappa shape index (κ1) is 17.2. The third-order valence-corrected chi connectivity index (χ3v) is 3.30. The number of hydrogen-bond donors (Lipinski definition) is 2. The number of nitrogens with one attached hydrogen (secondary N) is 2. The van der Waals surface area contributed by atoms with Gasteiger partial charge in [0.15, 0.2) is 0 Å². The van der Waals surface area contributed by atoms with Gasteiger partial charge in [-0.2, -0.15) is 0 Å². The Labute approximate surface area is 141 Å². The molecule has 0 aliphatic carbocycles. The van der Waals surface area contributed by atoms with Crippen LogP contribution in [0, 0.1) is 0 Å². The van der Waals surface area contributed by atoms with Crippen molar-refractivity contribution in [1.82, 2.24) is 0 Å². The van der Waals surface area contributed by atoms with Crippen molar-refractivity contribution in [3.05, 3.63) is 53.6 Å². The number of rotatable bonds is 7. The van der Waals surface area contributed by atoms with Crippen molar-refractivity contribution in [1.29, 1.82) is 0 Å². The Hall–Kier alpha value is -2.20. The quantitative estimate of drug-likeness (QED) is 0.781. The standard InChI is InChI=1S/C18H21ClN2O2/c1-13(2)23-17-6-4-3-5-16(17)20-12-11-18(22)21-15-9-7-14(19)8-10-15/h3-10,13,20H,11-12H2,1-2H3,(H,21,22). The maximum Gasteiger partial charge on any atom is 0.226 e. The lowest BCUT2D eigenvalue weighted by molar-refractivity contribution is -0.115. The molecule has 0 spiro atoms. The molecule has 0 atom stereocenters. The van der Waals surface area contributed by atoms with E-state index in [-0.39, 0.29) is 12.0 Å². The first-order valence-electron chi connectivity index (χ1n) is 7.59. The number of carbonyl (C=O) groups is 1. The number of hydrogen-bond acceptors (Lipinski definition) is 3. The van der Waals surface area contributed by atoms with Gasteiger partial charge in [0.2, 0.25) is 5.91 Å². The Balaban J connectivity index is 1.82. The van der Waals surface area contributed by atoms with Crippen molar-refractivity contribution in [3.8, 4) is 5.75 Å². The molecule has 0 saturated carbocycles. The van der Waals surface area contributed by atoms with Crippen molar-refractivity contribution in [2.75, 3.05) is 17.2 Å². The van der Waals surface area contributed by atoms with Crippen molar-refractivity contribution in [2.24, 2.45) is 0 Å². The van der Waals surface area contributed by atoms with E-state index in [2.05, 4.69) is 10.6 Å². The van der Waals surface area contributed by atoms with Crippen LogP contribution in [0.4, 0.5) is 11.4 Å². The molecular formula is C18H21ClN2O2. The summed E-state index contributed by atoms with van der Waals surface area (Å²) in [6, 6.07) is 14.8. The third kappa shape index (κ3) is 5.83. The molecule has 0 aromatic heterocycles. The minimum absolute atomic E-state index is 0.0536. The van der Waals surface area contributed by atoms with Gasteiger partial charge in [0.05, 0.1) is 11.8 Å². The van der Waals surface area contributed by atoms with Gasteiger partial charge in [-0.15, -0.1) is 0 Å². The van der Waals surface area contributed by atoms with E-state index in [9.17, 15) is 4.79 Å². The van der Waals surface area contributed by atoms with Gasteiger partial charge in [0, 0.05) is 23.7 Å². The van der Waals surface area contributed by atoms with Crippen LogP contribution in [0.15, 0.2) is 48.5 Å². The molecular weight excluding hydrogens is 312 g/mol. The number of ether oxygens (including phenoxy) is 1. The summed E-state index contributed by atoms with van der Waals surface area (Å²) in [7, 11) is 0. The molecule has 1 amide bonds. The van der Waals surface area contributed by atoms with E-state index < -0.39 is 0 Å². The number of para-hydroxylation sites is 2. The Morgan fingerprint density at radius 1 is 1.13 bits per heavy atom. The summed E-state index contributed by atoms with van der Waals surface area (Å²) in [5.41, 5.74) is 1.63. The lowest BCUT2D eigenvalue weighted by Gasteiger charge is -2.15. The van der Waals surface area contributed by atoms with Gasteiger partial charge in [-0.05, 0) is 50.2 Å². The highest BCUT2D eigenvalue weighted by Gasteiger charge is 2.06. The van der Waals surface area contributed by atoms with E-state index in [1.807, 2.05) is 38.1 Å². The lowest BCUT2D eigenvalue weighted by atomic mass is 10.2. The molecule has 0 radical (unpaired) electrons. The summed E-state index contributed by atoms with van der Waals surface area (Å²) in [5.74, 6) is 0.739. The second-order valence-corrected chi connectivity index (χ2v) is 5.83. The third-order valence-electron chi connectivity index (χ3n) is 3.05. The van der Waals surface area contributed by atoms with Gasteiger partial charge in [0.25, 0.3) is 0 Å². The van der Waals surface area contributed by atoms with E-state index in [4.69, 9.17) is 16.3 Å². The Bertz CT molecular complexity index is 642. The van der Waals surface area contributed by atoms with Gasteiger partial charge in [0.1, 0.15) is 5.75 Å². The predicted molar refractivity (Wildman–Crippen MR) is 95.4 cm³/mol. The molecule has 0 fully saturated rings. The maximum atomic E-state index is 11.9. The van der Waals surface area contributed by atoms with Crippen LogP contribution in [0.2, 0.25) is 5.02 Å². The van der Waals surface area contributed by atoms with Crippen molar-refractivity contribution in [2.45, 2.75) is 26.4 Å². The van der Waals surface area contributed by atoms with Crippen molar-refractivity contribution in [3.63, 3.8) is 0 Å². The molecule has 4 nitrogen and oxygen atoms in total. The highest BCUT2D eigenvalue weighted by atomic mass is 35.5. The van der Waals surface area contributed by atoms with Crippen LogP contribution in [0.25, 0.3) is 0 Å². The minimum Gasteiger partial charge on any atom is -0.489 e. The van der Waals surface area contributed by atoms with Crippen LogP contribution >= 0.6 is 11.6 Å². The molecule has 2 aromatic carbocycles. The second-order valence-electron chi connectivity index (χ2n) is 5.39. The Morgan fingerprint density at radius 3 is 2.52 bits per heavy atom. The lowest BCUT2D eigenvalue weighted by Crippen LogP contribution is -2.16. The molecule has 0 saturated heterocycles. The molecule has 0 unspecified atom stereocenters. The van der Waals surface area contributed by atoms with E-state index in [0.29, 0.717) is 18.0 Å². The number of amides is 1. The van der Waals surface area contributed by atoms with E-state index >= 15 is 0 Å². The largest absolute Gasteiger partial charge is 0.489 e. The van der Waals surface area contributed by atoms with Crippen LogP contribution in [0.3, 0.4) is 0 Å². The molecule has 2 N–H and O–H groups in total. The first-order valence-corrected chi connectivity index (χ1v) is 7.97. The van der Waals surface area contributed by atoms with Gasteiger partial charge < -0.3 is 15.4 Å². The van der Waals surface area contributed by atoms with E-state index in [1.165, 1.54) is 0 Å². The number of benzene rings is 2. The fraction of sp³-hybridized carbons (Fsp3) is 0.278. The zero-order chi connectivity index (χ0) is 16.7. The SMILES string of the molecule is CC(C)Oc1ccccc1NCCC(=O)Nc1ccc(Cl)cc1. The van der Waals surface area contributed by atoms with Crippen LogP contribution in [-0.2, 0) is 4.79 Å². The van der Waals surface area contributed by atoms with Crippen LogP contribution < -0.4 is 15.4 Å². The van der Waals surface area contributed by atoms with Gasteiger partial charge in [-0.3, -0.25) is 4.79 Å². The highest BCUT2D eigenvalue weighted by molar-refractivity contribution is 6.30.